The third kappa shape index (κ3) is 5.23. The number of rotatable bonds is 4. The van der Waals surface area contributed by atoms with E-state index in [0.717, 1.165) is 12.8 Å². The Bertz CT molecular complexity index is 513. The van der Waals surface area contributed by atoms with Gasteiger partial charge in [-0.15, -0.1) is 0 Å². The standard InChI is InChI=1S/C14H16F3N3O/c15-14(16,17)10-20-5-1-2-12(8-20)9-21-13-6-11(7-18)3-4-19-13/h3-4,6,12H,1-2,5,8-10H2. The third-order valence-electron chi connectivity index (χ3n) is 3.34. The third-order valence-corrected chi connectivity index (χ3v) is 3.34. The molecule has 0 N–H and O–H groups in total. The van der Waals surface area contributed by atoms with Crippen LogP contribution in [0.5, 0.6) is 5.88 Å². The molecule has 114 valence electrons. The minimum atomic E-state index is -4.16. The minimum Gasteiger partial charge on any atom is -0.477 e. The maximum absolute atomic E-state index is 12.4. The van der Waals surface area contributed by atoms with Crippen molar-refractivity contribution in [2.75, 3.05) is 26.2 Å². The quantitative estimate of drug-likeness (QED) is 0.857. The molecule has 1 aliphatic rings. The van der Waals surface area contributed by atoms with Crippen molar-refractivity contribution >= 4 is 0 Å². The normalized spacial score (nSPS) is 20.0. The topological polar surface area (TPSA) is 49.1 Å². The van der Waals surface area contributed by atoms with Crippen LogP contribution in [-0.4, -0.2) is 42.3 Å². The summed E-state index contributed by atoms with van der Waals surface area (Å²) in [6, 6.07) is 5.08. The van der Waals surface area contributed by atoms with E-state index in [1.165, 1.54) is 17.2 Å². The van der Waals surface area contributed by atoms with Crippen LogP contribution >= 0.6 is 0 Å². The highest BCUT2D eigenvalue weighted by molar-refractivity contribution is 5.31. The van der Waals surface area contributed by atoms with Crippen LogP contribution in [0.15, 0.2) is 18.3 Å². The first-order chi connectivity index (χ1) is 9.96. The molecule has 0 bridgehead atoms. The van der Waals surface area contributed by atoms with Crippen LogP contribution in [0.3, 0.4) is 0 Å². The lowest BCUT2D eigenvalue weighted by molar-refractivity contribution is -0.149. The predicted octanol–water partition coefficient (Wildman–Crippen LogP) is 2.61. The molecule has 0 amide bonds. The second-order valence-corrected chi connectivity index (χ2v) is 5.16. The van der Waals surface area contributed by atoms with Gasteiger partial charge in [0.25, 0.3) is 0 Å². The molecule has 1 fully saturated rings. The number of pyridine rings is 1. The first kappa shape index (κ1) is 15.6. The Morgan fingerprint density at radius 1 is 1.48 bits per heavy atom. The van der Waals surface area contributed by atoms with Gasteiger partial charge in [-0.2, -0.15) is 18.4 Å². The fourth-order valence-electron chi connectivity index (χ4n) is 2.45. The van der Waals surface area contributed by atoms with Gasteiger partial charge in [-0.3, -0.25) is 4.90 Å². The molecule has 1 aromatic heterocycles. The van der Waals surface area contributed by atoms with Crippen LogP contribution in [0.1, 0.15) is 18.4 Å². The molecule has 4 nitrogen and oxygen atoms in total. The minimum absolute atomic E-state index is 0.0497. The van der Waals surface area contributed by atoms with Gasteiger partial charge in [-0.05, 0) is 25.5 Å². The van der Waals surface area contributed by atoms with E-state index in [4.69, 9.17) is 10.00 Å². The van der Waals surface area contributed by atoms with Gasteiger partial charge in [0.15, 0.2) is 0 Å². The average molecular weight is 299 g/mol. The van der Waals surface area contributed by atoms with Gasteiger partial charge in [0.2, 0.25) is 5.88 Å². The van der Waals surface area contributed by atoms with Crippen molar-refractivity contribution in [2.24, 2.45) is 5.92 Å². The number of aromatic nitrogens is 1. The summed E-state index contributed by atoms with van der Waals surface area (Å²) in [6.45, 7) is 0.289. The molecule has 0 saturated carbocycles. The molecule has 21 heavy (non-hydrogen) atoms. The van der Waals surface area contributed by atoms with Crippen molar-refractivity contribution in [3.8, 4) is 11.9 Å². The molecule has 0 radical (unpaired) electrons. The maximum atomic E-state index is 12.4. The van der Waals surface area contributed by atoms with Crippen LogP contribution in [0.2, 0.25) is 0 Å². The number of halogens is 3. The van der Waals surface area contributed by atoms with Crippen LogP contribution in [0.4, 0.5) is 13.2 Å². The maximum Gasteiger partial charge on any atom is 0.401 e. The molecule has 2 rings (SSSR count). The van der Waals surface area contributed by atoms with E-state index >= 15 is 0 Å². The number of piperidine rings is 1. The molecule has 1 saturated heterocycles. The van der Waals surface area contributed by atoms with E-state index in [1.807, 2.05) is 6.07 Å². The van der Waals surface area contributed by atoms with Crippen LogP contribution in [-0.2, 0) is 0 Å². The number of likely N-dealkylation sites (tertiary alicyclic amines) is 1. The van der Waals surface area contributed by atoms with Gasteiger partial charge < -0.3 is 4.74 Å². The van der Waals surface area contributed by atoms with E-state index in [0.29, 0.717) is 31.1 Å². The van der Waals surface area contributed by atoms with E-state index in [-0.39, 0.29) is 5.92 Å². The zero-order valence-electron chi connectivity index (χ0n) is 11.4. The zero-order valence-corrected chi connectivity index (χ0v) is 11.4. The summed E-state index contributed by atoms with van der Waals surface area (Å²) in [5.74, 6) is 0.385. The van der Waals surface area contributed by atoms with Crippen molar-refractivity contribution in [3.05, 3.63) is 23.9 Å². The van der Waals surface area contributed by atoms with Gasteiger partial charge >= 0.3 is 6.18 Å². The SMILES string of the molecule is N#Cc1ccnc(OCC2CCCN(CC(F)(F)F)C2)c1. The molecule has 0 aliphatic carbocycles. The number of alkyl halides is 3. The molecular weight excluding hydrogens is 283 g/mol. The van der Waals surface area contributed by atoms with Crippen LogP contribution < -0.4 is 4.74 Å². The second kappa shape index (κ2) is 6.76. The lowest BCUT2D eigenvalue weighted by Gasteiger charge is -2.32. The van der Waals surface area contributed by atoms with Crippen LogP contribution in [0, 0.1) is 17.2 Å². The van der Waals surface area contributed by atoms with Gasteiger partial charge in [0, 0.05) is 24.7 Å². The first-order valence-electron chi connectivity index (χ1n) is 6.74. The molecule has 1 aliphatic heterocycles. The number of hydrogen-bond donors (Lipinski definition) is 0. The lowest BCUT2D eigenvalue weighted by atomic mass is 9.99. The number of hydrogen-bond acceptors (Lipinski definition) is 4. The first-order valence-corrected chi connectivity index (χ1v) is 6.74. The van der Waals surface area contributed by atoms with Gasteiger partial charge in [0.05, 0.1) is 24.8 Å². The smallest absolute Gasteiger partial charge is 0.401 e. The largest absolute Gasteiger partial charge is 0.477 e. The van der Waals surface area contributed by atoms with E-state index in [1.54, 1.807) is 6.07 Å². The summed E-state index contributed by atoms with van der Waals surface area (Å²) >= 11 is 0. The van der Waals surface area contributed by atoms with E-state index in [9.17, 15) is 13.2 Å². The number of nitrogens with zero attached hydrogens (tertiary/aromatic N) is 3. The lowest BCUT2D eigenvalue weighted by Crippen LogP contribution is -2.42. The van der Waals surface area contributed by atoms with Gasteiger partial charge in [0.1, 0.15) is 0 Å². The van der Waals surface area contributed by atoms with Crippen molar-refractivity contribution in [1.29, 1.82) is 5.26 Å². The summed E-state index contributed by atoms with van der Waals surface area (Å²) in [6.07, 6.45) is -1.11. The fourth-order valence-corrected chi connectivity index (χ4v) is 2.45. The summed E-state index contributed by atoms with van der Waals surface area (Å²) in [5, 5.41) is 8.78. The monoisotopic (exact) mass is 299 g/mol. The molecule has 1 aromatic rings. The summed E-state index contributed by atoms with van der Waals surface area (Å²) in [7, 11) is 0. The Balaban J connectivity index is 1.84. The van der Waals surface area contributed by atoms with Crippen molar-refractivity contribution in [1.82, 2.24) is 9.88 Å². The Kier molecular flexibility index (Phi) is 5.02. The highest BCUT2D eigenvalue weighted by Gasteiger charge is 2.33. The highest BCUT2D eigenvalue weighted by Crippen LogP contribution is 2.23. The summed E-state index contributed by atoms with van der Waals surface area (Å²) < 4.78 is 42.7. The van der Waals surface area contributed by atoms with E-state index in [2.05, 4.69) is 4.98 Å². The second-order valence-electron chi connectivity index (χ2n) is 5.16. The predicted molar refractivity (Wildman–Crippen MR) is 69.7 cm³/mol. The molecule has 0 aromatic carbocycles. The number of ether oxygens (including phenoxy) is 1. The molecule has 0 spiro atoms. The fraction of sp³-hybridized carbons (Fsp3) is 0.571. The van der Waals surface area contributed by atoms with Crippen molar-refractivity contribution in [3.63, 3.8) is 0 Å². The van der Waals surface area contributed by atoms with Crippen molar-refractivity contribution in [2.45, 2.75) is 19.0 Å². The van der Waals surface area contributed by atoms with E-state index < -0.39 is 12.7 Å². The zero-order chi connectivity index (χ0) is 15.3. The molecule has 2 heterocycles. The average Bonchev–Trinajstić information content (AvgIpc) is 2.44. The van der Waals surface area contributed by atoms with Crippen molar-refractivity contribution < 1.29 is 17.9 Å². The summed E-state index contributed by atoms with van der Waals surface area (Å²) in [5.41, 5.74) is 0.447. The Labute approximate surface area is 121 Å². The Morgan fingerprint density at radius 3 is 3.00 bits per heavy atom. The van der Waals surface area contributed by atoms with Gasteiger partial charge in [-0.1, -0.05) is 0 Å². The Morgan fingerprint density at radius 2 is 2.29 bits per heavy atom. The molecule has 7 heteroatoms. The molecule has 1 atom stereocenters. The molecule has 1 unspecified atom stereocenters. The highest BCUT2D eigenvalue weighted by atomic mass is 19.4. The molecular formula is C14H16F3N3O. The summed E-state index contributed by atoms with van der Waals surface area (Å²) in [4.78, 5) is 5.40. The van der Waals surface area contributed by atoms with Crippen LogP contribution in [0.25, 0.3) is 0 Å². The number of nitriles is 1. The van der Waals surface area contributed by atoms with Gasteiger partial charge in [-0.25, -0.2) is 4.98 Å². The Hall–Kier alpha value is -1.81.